The summed E-state index contributed by atoms with van der Waals surface area (Å²) in [5.41, 5.74) is 0.121. The third-order valence-corrected chi connectivity index (χ3v) is 5.12. The molecule has 1 saturated heterocycles. The van der Waals surface area contributed by atoms with Gasteiger partial charge in [0.1, 0.15) is 11.6 Å². The summed E-state index contributed by atoms with van der Waals surface area (Å²) in [6, 6.07) is 4.50. The summed E-state index contributed by atoms with van der Waals surface area (Å²) in [7, 11) is -2.96. The van der Waals surface area contributed by atoms with Gasteiger partial charge >= 0.3 is 0 Å². The largest absolute Gasteiger partial charge is 0.365 e. The van der Waals surface area contributed by atoms with Gasteiger partial charge in [0.2, 0.25) is 0 Å². The van der Waals surface area contributed by atoms with E-state index in [0.29, 0.717) is 23.8 Å². The fourth-order valence-electron chi connectivity index (χ4n) is 2.25. The molecule has 23 heavy (non-hydrogen) atoms. The van der Waals surface area contributed by atoms with E-state index in [1.54, 1.807) is 19.1 Å². The highest BCUT2D eigenvalue weighted by molar-refractivity contribution is 7.91. The SMILES string of the molecule is Cc1cc(NC(=O)c2ccc(NC3CCS(=O)(=O)C3)nn2)no1. The first-order valence-electron chi connectivity index (χ1n) is 6.97. The molecular weight excluding hydrogens is 322 g/mol. The monoisotopic (exact) mass is 337 g/mol. The fraction of sp³-hybridized carbons (Fsp3) is 0.385. The molecule has 2 aromatic rings. The topological polar surface area (TPSA) is 127 Å². The molecule has 0 bridgehead atoms. The maximum Gasteiger partial charge on any atom is 0.277 e. The molecule has 2 N–H and O–H groups in total. The first-order chi connectivity index (χ1) is 10.9. The van der Waals surface area contributed by atoms with Crippen LogP contribution in [0.5, 0.6) is 0 Å². The molecule has 1 aliphatic rings. The van der Waals surface area contributed by atoms with Gasteiger partial charge in [-0.25, -0.2) is 8.42 Å². The Balaban J connectivity index is 1.61. The number of anilines is 2. The number of hydrogen-bond acceptors (Lipinski definition) is 8. The normalized spacial score (nSPS) is 19.4. The maximum atomic E-state index is 12.0. The molecule has 1 atom stereocenters. The molecule has 122 valence electrons. The minimum atomic E-state index is -2.96. The average molecular weight is 337 g/mol. The van der Waals surface area contributed by atoms with Gasteiger partial charge in [0.05, 0.1) is 11.5 Å². The minimum Gasteiger partial charge on any atom is -0.365 e. The van der Waals surface area contributed by atoms with E-state index in [1.165, 1.54) is 6.07 Å². The van der Waals surface area contributed by atoms with Gasteiger partial charge in [-0.3, -0.25) is 4.79 Å². The van der Waals surface area contributed by atoms with Gasteiger partial charge in [-0.05, 0) is 25.5 Å². The molecule has 9 nitrogen and oxygen atoms in total. The van der Waals surface area contributed by atoms with Crippen LogP contribution in [0.3, 0.4) is 0 Å². The zero-order valence-electron chi connectivity index (χ0n) is 12.3. The Labute approximate surface area is 132 Å². The van der Waals surface area contributed by atoms with E-state index in [2.05, 4.69) is 26.0 Å². The molecular formula is C13H15N5O4S. The van der Waals surface area contributed by atoms with Crippen LogP contribution in [0, 0.1) is 6.92 Å². The zero-order chi connectivity index (χ0) is 16.4. The van der Waals surface area contributed by atoms with Gasteiger partial charge in [-0.1, -0.05) is 5.16 Å². The molecule has 0 spiro atoms. The Morgan fingerprint density at radius 1 is 1.30 bits per heavy atom. The van der Waals surface area contributed by atoms with Crippen LogP contribution in [0.25, 0.3) is 0 Å². The molecule has 3 rings (SSSR count). The standard InChI is InChI=1S/C13H15N5O4S/c1-8-6-12(18-22-8)15-13(19)10-2-3-11(17-16-10)14-9-4-5-23(20,21)7-9/h2-3,6,9H,4-5,7H2,1H3,(H,14,17)(H,15,18,19). The zero-order valence-corrected chi connectivity index (χ0v) is 13.1. The molecule has 1 amide bonds. The number of amides is 1. The summed E-state index contributed by atoms with van der Waals surface area (Å²) < 4.78 is 27.7. The summed E-state index contributed by atoms with van der Waals surface area (Å²) >= 11 is 0. The third-order valence-electron chi connectivity index (χ3n) is 3.35. The van der Waals surface area contributed by atoms with Crippen LogP contribution >= 0.6 is 0 Å². The van der Waals surface area contributed by atoms with E-state index in [-0.39, 0.29) is 23.2 Å². The molecule has 1 unspecified atom stereocenters. The maximum absolute atomic E-state index is 12.0. The number of aromatic nitrogens is 3. The Hall–Kier alpha value is -2.49. The molecule has 1 aliphatic heterocycles. The van der Waals surface area contributed by atoms with E-state index >= 15 is 0 Å². The van der Waals surface area contributed by atoms with Crippen molar-refractivity contribution in [2.24, 2.45) is 0 Å². The van der Waals surface area contributed by atoms with Gasteiger partial charge in [0.25, 0.3) is 5.91 Å². The summed E-state index contributed by atoms with van der Waals surface area (Å²) in [5, 5.41) is 16.9. The third kappa shape index (κ3) is 3.83. The van der Waals surface area contributed by atoms with Crippen molar-refractivity contribution in [3.63, 3.8) is 0 Å². The molecule has 0 saturated carbocycles. The Kier molecular flexibility index (Phi) is 3.99. The van der Waals surface area contributed by atoms with Crippen LogP contribution in [0.1, 0.15) is 22.7 Å². The number of aryl methyl sites for hydroxylation is 1. The lowest BCUT2D eigenvalue weighted by molar-refractivity contribution is 0.102. The number of sulfone groups is 1. The lowest BCUT2D eigenvalue weighted by atomic mass is 10.2. The Morgan fingerprint density at radius 3 is 2.70 bits per heavy atom. The molecule has 10 heteroatoms. The van der Waals surface area contributed by atoms with E-state index in [9.17, 15) is 13.2 Å². The van der Waals surface area contributed by atoms with Gasteiger partial charge < -0.3 is 15.2 Å². The van der Waals surface area contributed by atoms with Crippen LogP contribution in [-0.2, 0) is 9.84 Å². The van der Waals surface area contributed by atoms with Crippen LogP contribution in [-0.4, -0.2) is 47.2 Å². The van der Waals surface area contributed by atoms with Crippen molar-refractivity contribution in [1.82, 2.24) is 15.4 Å². The van der Waals surface area contributed by atoms with E-state index < -0.39 is 15.7 Å². The number of nitrogens with one attached hydrogen (secondary N) is 2. The van der Waals surface area contributed by atoms with Crippen LogP contribution in [0.2, 0.25) is 0 Å². The van der Waals surface area contributed by atoms with Gasteiger partial charge in [-0.2, -0.15) is 0 Å². The van der Waals surface area contributed by atoms with Gasteiger partial charge in [0.15, 0.2) is 21.3 Å². The molecule has 0 aromatic carbocycles. The molecule has 2 aromatic heterocycles. The number of hydrogen-bond donors (Lipinski definition) is 2. The van der Waals surface area contributed by atoms with Crippen molar-refractivity contribution >= 4 is 27.4 Å². The summed E-state index contributed by atoms with van der Waals surface area (Å²) in [5.74, 6) is 1.12. The van der Waals surface area contributed by atoms with Gasteiger partial charge in [0, 0.05) is 12.1 Å². The number of rotatable bonds is 4. The highest BCUT2D eigenvalue weighted by Gasteiger charge is 2.28. The van der Waals surface area contributed by atoms with Crippen LogP contribution in [0.15, 0.2) is 22.7 Å². The predicted octanol–water partition coefficient (Wildman–Crippen LogP) is 0.624. The minimum absolute atomic E-state index is 0.0857. The second-order valence-corrected chi connectivity index (χ2v) is 7.55. The lowest BCUT2D eigenvalue weighted by Gasteiger charge is -2.10. The molecule has 0 radical (unpaired) electrons. The first-order valence-corrected chi connectivity index (χ1v) is 8.79. The highest BCUT2D eigenvalue weighted by atomic mass is 32.2. The fourth-order valence-corrected chi connectivity index (χ4v) is 3.93. The first kappa shape index (κ1) is 15.4. The number of carbonyl (C=O) groups excluding carboxylic acids is 1. The second-order valence-electron chi connectivity index (χ2n) is 5.33. The number of carbonyl (C=O) groups is 1. The quantitative estimate of drug-likeness (QED) is 0.831. The smallest absolute Gasteiger partial charge is 0.277 e. The Bertz CT molecular complexity index is 815. The number of nitrogens with zero attached hydrogens (tertiary/aromatic N) is 3. The van der Waals surface area contributed by atoms with Crippen molar-refractivity contribution < 1.29 is 17.7 Å². The van der Waals surface area contributed by atoms with Crippen molar-refractivity contribution in [1.29, 1.82) is 0 Å². The predicted molar refractivity (Wildman–Crippen MR) is 81.9 cm³/mol. The lowest BCUT2D eigenvalue weighted by Crippen LogP contribution is -2.22. The van der Waals surface area contributed by atoms with Crippen LogP contribution in [0.4, 0.5) is 11.6 Å². The second kappa shape index (κ2) is 5.95. The molecule has 0 aliphatic carbocycles. The van der Waals surface area contributed by atoms with Crippen molar-refractivity contribution in [2.75, 3.05) is 22.1 Å². The van der Waals surface area contributed by atoms with E-state index in [1.807, 2.05) is 0 Å². The van der Waals surface area contributed by atoms with E-state index in [4.69, 9.17) is 4.52 Å². The molecule has 3 heterocycles. The van der Waals surface area contributed by atoms with E-state index in [0.717, 1.165) is 0 Å². The summed E-state index contributed by atoms with van der Waals surface area (Å²) in [6.45, 7) is 1.71. The Morgan fingerprint density at radius 2 is 2.13 bits per heavy atom. The van der Waals surface area contributed by atoms with Crippen molar-refractivity contribution in [2.45, 2.75) is 19.4 Å². The van der Waals surface area contributed by atoms with Crippen molar-refractivity contribution in [3.05, 3.63) is 29.7 Å². The van der Waals surface area contributed by atoms with Gasteiger partial charge in [-0.15, -0.1) is 10.2 Å². The molecule has 1 fully saturated rings. The average Bonchev–Trinajstić information content (AvgIpc) is 3.05. The van der Waals surface area contributed by atoms with Crippen LogP contribution < -0.4 is 10.6 Å². The summed E-state index contributed by atoms with van der Waals surface area (Å²) in [6.07, 6.45) is 0.539. The summed E-state index contributed by atoms with van der Waals surface area (Å²) in [4.78, 5) is 12.0. The van der Waals surface area contributed by atoms with Crippen molar-refractivity contribution in [3.8, 4) is 0 Å². The highest BCUT2D eigenvalue weighted by Crippen LogP contribution is 2.16.